The van der Waals surface area contributed by atoms with E-state index < -0.39 is 5.82 Å². The fourth-order valence-corrected chi connectivity index (χ4v) is 2.46. The van der Waals surface area contributed by atoms with Crippen molar-refractivity contribution in [3.05, 3.63) is 12.0 Å². The summed E-state index contributed by atoms with van der Waals surface area (Å²) in [5.41, 5.74) is 0. The highest BCUT2D eigenvalue weighted by atomic mass is 19.1. The van der Waals surface area contributed by atoms with Gasteiger partial charge in [0.15, 0.2) is 11.6 Å². The molecule has 1 aromatic rings. The second-order valence-corrected chi connectivity index (χ2v) is 4.65. The minimum Gasteiger partial charge on any atom is -0.396 e. The van der Waals surface area contributed by atoms with E-state index in [0.29, 0.717) is 24.3 Å². The van der Waals surface area contributed by atoms with E-state index in [4.69, 9.17) is 0 Å². The molecule has 2 unspecified atom stereocenters. The number of nitrogens with one attached hydrogen (secondary N) is 2. The van der Waals surface area contributed by atoms with Gasteiger partial charge in [-0.3, -0.25) is 0 Å². The summed E-state index contributed by atoms with van der Waals surface area (Å²) in [5, 5.41) is 15.0. The average Bonchev–Trinajstić information content (AvgIpc) is 2.85. The van der Waals surface area contributed by atoms with Gasteiger partial charge in [-0.1, -0.05) is 6.42 Å². The van der Waals surface area contributed by atoms with Gasteiger partial charge in [0, 0.05) is 20.2 Å². The van der Waals surface area contributed by atoms with Crippen LogP contribution in [0.2, 0.25) is 0 Å². The lowest BCUT2D eigenvalue weighted by Gasteiger charge is -2.18. The molecule has 100 valence electrons. The standard InChI is InChI=1S/C12H19FN4O/c1-14-12-16-6-10(13)11(17-12)15-5-8-3-2-4-9(8)7-18/h6,8-9,18H,2-5,7H2,1H3,(H2,14,15,16,17). The molecular weight excluding hydrogens is 235 g/mol. The van der Waals surface area contributed by atoms with Gasteiger partial charge < -0.3 is 15.7 Å². The molecule has 2 rings (SSSR count). The van der Waals surface area contributed by atoms with Crippen molar-refractivity contribution in [3.63, 3.8) is 0 Å². The summed E-state index contributed by atoms with van der Waals surface area (Å²) in [6.45, 7) is 0.850. The van der Waals surface area contributed by atoms with Crippen LogP contribution in [0.25, 0.3) is 0 Å². The second kappa shape index (κ2) is 5.95. The zero-order chi connectivity index (χ0) is 13.0. The van der Waals surface area contributed by atoms with Crippen molar-refractivity contribution in [3.8, 4) is 0 Å². The zero-order valence-electron chi connectivity index (χ0n) is 10.5. The molecule has 6 heteroatoms. The van der Waals surface area contributed by atoms with E-state index in [1.165, 1.54) is 0 Å². The number of aromatic nitrogens is 2. The quantitative estimate of drug-likeness (QED) is 0.742. The maximum Gasteiger partial charge on any atom is 0.224 e. The molecule has 2 atom stereocenters. The number of halogens is 1. The SMILES string of the molecule is CNc1ncc(F)c(NCC2CCCC2CO)n1. The van der Waals surface area contributed by atoms with Crippen LogP contribution in [0.1, 0.15) is 19.3 Å². The molecule has 0 amide bonds. The van der Waals surface area contributed by atoms with Gasteiger partial charge in [-0.15, -0.1) is 0 Å². The fraction of sp³-hybridized carbons (Fsp3) is 0.667. The van der Waals surface area contributed by atoms with E-state index in [1.54, 1.807) is 7.05 Å². The summed E-state index contributed by atoms with van der Waals surface area (Å²) >= 11 is 0. The van der Waals surface area contributed by atoms with Gasteiger partial charge in [0.1, 0.15) is 0 Å². The number of hydrogen-bond acceptors (Lipinski definition) is 5. The molecule has 0 aliphatic heterocycles. The zero-order valence-corrected chi connectivity index (χ0v) is 10.5. The lowest BCUT2D eigenvalue weighted by molar-refractivity contribution is 0.199. The van der Waals surface area contributed by atoms with Crippen molar-refractivity contribution < 1.29 is 9.50 Å². The third kappa shape index (κ3) is 2.87. The largest absolute Gasteiger partial charge is 0.396 e. The number of hydrogen-bond donors (Lipinski definition) is 3. The van der Waals surface area contributed by atoms with E-state index in [1.807, 2.05) is 0 Å². The van der Waals surface area contributed by atoms with Crippen LogP contribution in [0.4, 0.5) is 16.2 Å². The molecule has 1 aliphatic rings. The van der Waals surface area contributed by atoms with Crippen molar-refractivity contribution in [2.75, 3.05) is 30.8 Å². The van der Waals surface area contributed by atoms with Crippen LogP contribution in [-0.2, 0) is 0 Å². The Morgan fingerprint density at radius 3 is 2.94 bits per heavy atom. The van der Waals surface area contributed by atoms with Gasteiger partial charge >= 0.3 is 0 Å². The first-order valence-corrected chi connectivity index (χ1v) is 6.29. The molecule has 1 heterocycles. The van der Waals surface area contributed by atoms with Crippen molar-refractivity contribution in [1.29, 1.82) is 0 Å². The topological polar surface area (TPSA) is 70.1 Å². The van der Waals surface area contributed by atoms with Crippen molar-refractivity contribution in [2.24, 2.45) is 11.8 Å². The minimum absolute atomic E-state index is 0.209. The minimum atomic E-state index is -0.451. The summed E-state index contributed by atoms with van der Waals surface area (Å²) in [7, 11) is 1.69. The first-order chi connectivity index (χ1) is 8.74. The average molecular weight is 254 g/mol. The molecule has 18 heavy (non-hydrogen) atoms. The molecule has 0 saturated heterocycles. The molecule has 5 nitrogen and oxygen atoms in total. The lowest BCUT2D eigenvalue weighted by Crippen LogP contribution is -2.21. The maximum absolute atomic E-state index is 13.5. The number of aliphatic hydroxyl groups excluding tert-OH is 1. The molecule has 0 spiro atoms. The number of nitrogens with zero attached hydrogens (tertiary/aromatic N) is 2. The van der Waals surface area contributed by atoms with Crippen molar-refractivity contribution >= 4 is 11.8 Å². The monoisotopic (exact) mass is 254 g/mol. The van der Waals surface area contributed by atoms with Crippen LogP contribution < -0.4 is 10.6 Å². The van der Waals surface area contributed by atoms with Gasteiger partial charge in [0.25, 0.3) is 0 Å². The van der Waals surface area contributed by atoms with E-state index in [0.717, 1.165) is 25.5 Å². The van der Waals surface area contributed by atoms with Crippen LogP contribution in [0.5, 0.6) is 0 Å². The molecule has 3 N–H and O–H groups in total. The van der Waals surface area contributed by atoms with Gasteiger partial charge in [-0.25, -0.2) is 9.37 Å². The smallest absolute Gasteiger partial charge is 0.224 e. The van der Waals surface area contributed by atoms with Gasteiger partial charge in [-0.2, -0.15) is 4.98 Å². The fourth-order valence-electron chi connectivity index (χ4n) is 2.46. The van der Waals surface area contributed by atoms with Crippen molar-refractivity contribution in [2.45, 2.75) is 19.3 Å². The Morgan fingerprint density at radius 2 is 2.22 bits per heavy atom. The van der Waals surface area contributed by atoms with Crippen LogP contribution in [-0.4, -0.2) is 35.3 Å². The van der Waals surface area contributed by atoms with Gasteiger partial charge in [0.05, 0.1) is 6.20 Å². The third-order valence-corrected chi connectivity index (χ3v) is 3.55. The molecule has 1 saturated carbocycles. The number of rotatable bonds is 5. The third-order valence-electron chi connectivity index (χ3n) is 3.55. The van der Waals surface area contributed by atoms with Crippen LogP contribution in [0.3, 0.4) is 0 Å². The van der Waals surface area contributed by atoms with E-state index in [-0.39, 0.29) is 12.4 Å². The van der Waals surface area contributed by atoms with E-state index >= 15 is 0 Å². The van der Waals surface area contributed by atoms with Gasteiger partial charge in [-0.05, 0) is 24.7 Å². The predicted octanol–water partition coefficient (Wildman–Crippen LogP) is 1.48. The molecule has 1 aliphatic carbocycles. The molecule has 1 fully saturated rings. The summed E-state index contributed by atoms with van der Waals surface area (Å²) in [6.07, 6.45) is 4.41. The molecule has 0 radical (unpaired) electrons. The van der Waals surface area contributed by atoms with Crippen molar-refractivity contribution in [1.82, 2.24) is 9.97 Å². The lowest BCUT2D eigenvalue weighted by atomic mass is 9.97. The van der Waals surface area contributed by atoms with E-state index in [9.17, 15) is 9.50 Å². The second-order valence-electron chi connectivity index (χ2n) is 4.65. The highest BCUT2D eigenvalue weighted by Crippen LogP contribution is 2.31. The summed E-state index contributed by atoms with van der Waals surface area (Å²) in [5.74, 6) is 0.878. The normalized spacial score (nSPS) is 23.1. The number of aliphatic hydroxyl groups is 1. The molecular formula is C12H19FN4O. The highest BCUT2D eigenvalue weighted by Gasteiger charge is 2.26. The molecule has 0 bridgehead atoms. The Balaban J connectivity index is 1.97. The Labute approximate surface area is 106 Å². The molecule has 0 aromatic carbocycles. The number of anilines is 2. The van der Waals surface area contributed by atoms with E-state index in [2.05, 4.69) is 20.6 Å². The maximum atomic E-state index is 13.5. The van der Waals surface area contributed by atoms with Crippen LogP contribution in [0.15, 0.2) is 6.20 Å². The van der Waals surface area contributed by atoms with Crippen LogP contribution in [0, 0.1) is 17.7 Å². The first kappa shape index (κ1) is 13.0. The summed E-state index contributed by atoms with van der Waals surface area (Å²) < 4.78 is 13.5. The summed E-state index contributed by atoms with van der Waals surface area (Å²) in [6, 6.07) is 0. The Kier molecular flexibility index (Phi) is 4.30. The highest BCUT2D eigenvalue weighted by molar-refractivity contribution is 5.40. The molecule has 1 aromatic heterocycles. The summed E-state index contributed by atoms with van der Waals surface area (Å²) in [4.78, 5) is 7.82. The Morgan fingerprint density at radius 1 is 1.44 bits per heavy atom. The Hall–Kier alpha value is -1.43. The Bertz CT molecular complexity index is 402. The van der Waals surface area contributed by atoms with Gasteiger partial charge in [0.2, 0.25) is 5.95 Å². The van der Waals surface area contributed by atoms with Crippen LogP contribution >= 0.6 is 0 Å². The predicted molar refractivity (Wildman–Crippen MR) is 67.9 cm³/mol. The first-order valence-electron chi connectivity index (χ1n) is 6.29.